The molecule has 1 aromatic heterocycles. The van der Waals surface area contributed by atoms with Crippen molar-refractivity contribution >= 4 is 50.4 Å². The number of benzene rings is 1. The fourth-order valence-corrected chi connectivity index (χ4v) is 5.74. The molecule has 0 bridgehead atoms. The van der Waals surface area contributed by atoms with E-state index in [1.165, 1.54) is 29.7 Å². The predicted molar refractivity (Wildman–Crippen MR) is 126 cm³/mol. The summed E-state index contributed by atoms with van der Waals surface area (Å²) in [6, 6.07) is 7.89. The molecule has 0 saturated carbocycles. The summed E-state index contributed by atoms with van der Waals surface area (Å²) in [6.07, 6.45) is 5.93. The van der Waals surface area contributed by atoms with Crippen molar-refractivity contribution in [3.05, 3.63) is 40.9 Å². The van der Waals surface area contributed by atoms with Crippen LogP contribution < -0.4 is 5.44 Å². The average Bonchev–Trinajstić information content (AvgIpc) is 3.18. The lowest BCUT2D eigenvalue weighted by atomic mass is 10.1. The summed E-state index contributed by atoms with van der Waals surface area (Å²) in [5.74, 6) is -0.947. The molecule has 0 spiro atoms. The molecule has 2 unspecified atom stereocenters. The molecule has 1 aliphatic rings. The van der Waals surface area contributed by atoms with E-state index in [-0.39, 0.29) is 18.3 Å². The van der Waals surface area contributed by atoms with E-state index >= 15 is 0 Å². The number of oxime groups is 1. The zero-order valence-electron chi connectivity index (χ0n) is 16.9. The van der Waals surface area contributed by atoms with Gasteiger partial charge < -0.3 is 15.1 Å². The molecule has 31 heavy (non-hydrogen) atoms. The molecule has 0 amide bonds. The SMILES string of the molecule is O=C(O)CC(/C=N/OCCCCCn1cc(P)nn1)=C1/Sc2ccccc2SC1CO. The minimum Gasteiger partial charge on any atom is -0.481 e. The zero-order chi connectivity index (χ0) is 22.1. The highest BCUT2D eigenvalue weighted by molar-refractivity contribution is 8.08. The minimum absolute atomic E-state index is 0.0802. The number of carboxylic acids is 1. The number of aliphatic carboxylic acids is 1. The number of aryl methyl sites for hydroxylation is 1. The molecule has 166 valence electrons. The minimum atomic E-state index is -0.947. The summed E-state index contributed by atoms with van der Waals surface area (Å²) in [5.41, 5.74) is 1.38. The Kier molecular flexibility index (Phi) is 9.39. The second-order valence-electron chi connectivity index (χ2n) is 6.83. The zero-order valence-corrected chi connectivity index (χ0v) is 19.7. The van der Waals surface area contributed by atoms with E-state index in [0.29, 0.717) is 12.2 Å². The number of carboxylic acid groups (broad SMARTS) is 1. The summed E-state index contributed by atoms with van der Waals surface area (Å²) >= 11 is 3.02. The average molecular weight is 481 g/mol. The molecular weight excluding hydrogens is 455 g/mol. The van der Waals surface area contributed by atoms with Crippen LogP contribution in [0.4, 0.5) is 0 Å². The lowest BCUT2D eigenvalue weighted by molar-refractivity contribution is -0.136. The highest BCUT2D eigenvalue weighted by atomic mass is 32.2. The number of carbonyl (C=O) groups is 1. The molecule has 2 N–H and O–H groups in total. The Morgan fingerprint density at radius 1 is 1.29 bits per heavy atom. The molecule has 0 radical (unpaired) electrons. The van der Waals surface area contributed by atoms with Gasteiger partial charge in [-0.1, -0.05) is 43.5 Å². The third kappa shape index (κ3) is 7.35. The molecule has 11 heteroatoms. The monoisotopic (exact) mass is 480 g/mol. The summed E-state index contributed by atoms with van der Waals surface area (Å²) in [7, 11) is 2.51. The molecule has 2 heterocycles. The number of fused-ring (bicyclic) bond motifs is 1. The maximum absolute atomic E-state index is 11.4. The van der Waals surface area contributed by atoms with Gasteiger partial charge in [-0.05, 0) is 37.0 Å². The number of hydrogen-bond donors (Lipinski definition) is 2. The number of thioether (sulfide) groups is 2. The Morgan fingerprint density at radius 3 is 2.81 bits per heavy atom. The normalized spacial score (nSPS) is 17.5. The van der Waals surface area contributed by atoms with Crippen molar-refractivity contribution in [3.8, 4) is 0 Å². The Bertz CT molecular complexity index is 951. The summed E-state index contributed by atoms with van der Waals surface area (Å²) in [6.45, 7) is 1.17. The molecule has 0 aliphatic carbocycles. The quantitative estimate of drug-likeness (QED) is 0.219. The van der Waals surface area contributed by atoms with Crippen LogP contribution in [0.5, 0.6) is 0 Å². The maximum atomic E-state index is 11.4. The summed E-state index contributed by atoms with van der Waals surface area (Å²) < 4.78 is 1.81. The van der Waals surface area contributed by atoms with E-state index < -0.39 is 5.97 Å². The third-order valence-electron chi connectivity index (χ3n) is 4.42. The Morgan fingerprint density at radius 2 is 2.10 bits per heavy atom. The van der Waals surface area contributed by atoms with E-state index in [0.717, 1.165) is 45.9 Å². The van der Waals surface area contributed by atoms with Crippen molar-refractivity contribution in [2.75, 3.05) is 13.2 Å². The molecular formula is C20H25N4O4PS2. The van der Waals surface area contributed by atoms with Gasteiger partial charge in [0.25, 0.3) is 0 Å². The Labute approximate surface area is 191 Å². The first-order valence-corrected chi connectivity index (χ1v) is 12.1. The van der Waals surface area contributed by atoms with E-state index in [1.54, 1.807) is 4.68 Å². The number of nitrogens with zero attached hydrogens (tertiary/aromatic N) is 4. The van der Waals surface area contributed by atoms with Crippen LogP contribution in [0, 0.1) is 0 Å². The van der Waals surface area contributed by atoms with Gasteiger partial charge in [-0.2, -0.15) is 0 Å². The maximum Gasteiger partial charge on any atom is 0.307 e. The molecule has 0 fully saturated rings. The van der Waals surface area contributed by atoms with Crippen molar-refractivity contribution in [1.82, 2.24) is 15.0 Å². The van der Waals surface area contributed by atoms with Crippen LogP contribution >= 0.6 is 32.8 Å². The standard InChI is InChI=1S/C20H25N4O4PS2/c25-13-17-20(31-16-7-3-2-6-15(16)30-17)14(10-19(26)27)11-21-28-9-5-1-4-8-24-12-18(29)22-23-24/h2-3,6-7,11-12,17,25H,1,4-5,8-10,13,29H2,(H,26,27)/b20-14-,21-11+. The van der Waals surface area contributed by atoms with Crippen molar-refractivity contribution < 1.29 is 19.8 Å². The van der Waals surface area contributed by atoms with Gasteiger partial charge in [0.1, 0.15) is 6.61 Å². The number of aliphatic hydroxyl groups excluding tert-OH is 1. The first-order chi connectivity index (χ1) is 15.1. The molecule has 1 aliphatic heterocycles. The Balaban J connectivity index is 1.54. The molecule has 2 aromatic rings. The smallest absolute Gasteiger partial charge is 0.307 e. The summed E-state index contributed by atoms with van der Waals surface area (Å²) in [5, 5.41) is 30.9. The van der Waals surface area contributed by atoms with E-state index in [2.05, 4.69) is 24.7 Å². The van der Waals surface area contributed by atoms with Crippen LogP contribution in [0.25, 0.3) is 0 Å². The van der Waals surface area contributed by atoms with Gasteiger partial charge in [0.15, 0.2) is 0 Å². The Hall–Kier alpha value is -1.87. The number of hydrogen-bond acceptors (Lipinski definition) is 8. The van der Waals surface area contributed by atoms with Gasteiger partial charge in [-0.25, -0.2) is 0 Å². The fourth-order valence-electron chi connectivity index (χ4n) is 2.97. The second-order valence-corrected chi connectivity index (χ2v) is 9.75. The lowest BCUT2D eigenvalue weighted by Gasteiger charge is -2.26. The fraction of sp³-hybridized carbons (Fsp3) is 0.400. The van der Waals surface area contributed by atoms with Gasteiger partial charge in [0.05, 0.1) is 36.1 Å². The topological polar surface area (TPSA) is 110 Å². The highest BCUT2D eigenvalue weighted by Gasteiger charge is 2.27. The van der Waals surface area contributed by atoms with Gasteiger partial charge in [-0.15, -0.1) is 16.9 Å². The second kappa shape index (κ2) is 12.2. The van der Waals surface area contributed by atoms with Crippen LogP contribution in [0.3, 0.4) is 0 Å². The van der Waals surface area contributed by atoms with Crippen molar-refractivity contribution in [2.24, 2.45) is 5.16 Å². The lowest BCUT2D eigenvalue weighted by Crippen LogP contribution is -2.17. The first kappa shape index (κ1) is 23.8. The molecule has 2 atom stereocenters. The van der Waals surface area contributed by atoms with Crippen LogP contribution in [-0.4, -0.2) is 55.9 Å². The van der Waals surface area contributed by atoms with Gasteiger partial charge in [-0.3, -0.25) is 9.48 Å². The third-order valence-corrected chi connectivity index (χ3v) is 7.58. The van der Waals surface area contributed by atoms with Gasteiger partial charge in [0.2, 0.25) is 0 Å². The van der Waals surface area contributed by atoms with Crippen LogP contribution in [-0.2, 0) is 16.2 Å². The first-order valence-electron chi connectivity index (χ1n) is 9.87. The molecule has 3 rings (SSSR count). The highest BCUT2D eigenvalue weighted by Crippen LogP contribution is 2.48. The van der Waals surface area contributed by atoms with Crippen molar-refractivity contribution in [3.63, 3.8) is 0 Å². The molecule has 0 saturated heterocycles. The largest absolute Gasteiger partial charge is 0.481 e. The molecule has 1 aromatic carbocycles. The van der Waals surface area contributed by atoms with Gasteiger partial charge in [0, 0.05) is 21.2 Å². The van der Waals surface area contributed by atoms with Crippen LogP contribution in [0.1, 0.15) is 25.7 Å². The number of aliphatic hydroxyl groups is 1. The number of aromatic nitrogens is 3. The van der Waals surface area contributed by atoms with E-state index in [1.807, 2.05) is 30.5 Å². The van der Waals surface area contributed by atoms with Crippen LogP contribution in [0.2, 0.25) is 0 Å². The van der Waals surface area contributed by atoms with Crippen molar-refractivity contribution in [1.29, 1.82) is 0 Å². The van der Waals surface area contributed by atoms with Crippen molar-refractivity contribution in [2.45, 2.75) is 47.3 Å². The number of rotatable bonds is 11. The van der Waals surface area contributed by atoms with Gasteiger partial charge >= 0.3 is 5.97 Å². The molecule has 8 nitrogen and oxygen atoms in total. The number of unbranched alkanes of at least 4 members (excludes halogenated alkanes) is 2. The van der Waals surface area contributed by atoms with E-state index in [9.17, 15) is 15.0 Å². The summed E-state index contributed by atoms with van der Waals surface area (Å²) in [4.78, 5) is 19.7. The predicted octanol–water partition coefficient (Wildman–Crippen LogP) is 2.94. The van der Waals surface area contributed by atoms with E-state index in [4.69, 9.17) is 4.84 Å². The van der Waals surface area contributed by atoms with Crippen LogP contribution in [0.15, 0.2) is 55.9 Å².